The molecule has 0 bridgehead atoms. The van der Waals surface area contributed by atoms with Crippen molar-refractivity contribution in [2.75, 3.05) is 0 Å². The molecule has 3 rings (SSSR count). The predicted octanol–water partition coefficient (Wildman–Crippen LogP) is 3.34. The second-order valence-electron chi connectivity index (χ2n) is 7.22. The van der Waals surface area contributed by atoms with E-state index in [1.807, 2.05) is 25.6 Å². The summed E-state index contributed by atoms with van der Waals surface area (Å²) in [6, 6.07) is 8.52. The number of hydrogen-bond acceptors (Lipinski definition) is 2. The van der Waals surface area contributed by atoms with E-state index < -0.39 is 0 Å². The zero-order chi connectivity index (χ0) is 18.0. The third kappa shape index (κ3) is 4.41. The van der Waals surface area contributed by atoms with E-state index >= 15 is 0 Å². The van der Waals surface area contributed by atoms with E-state index in [2.05, 4.69) is 46.9 Å². The largest absolute Gasteiger partial charge is 0.335 e. The molecule has 1 heterocycles. The van der Waals surface area contributed by atoms with Gasteiger partial charge in [-0.2, -0.15) is 5.10 Å². The molecule has 1 aliphatic carbocycles. The number of urea groups is 1. The number of carbonyl (C=O) groups excluding carboxylic acids is 1. The van der Waals surface area contributed by atoms with Gasteiger partial charge in [0.25, 0.3) is 0 Å². The fourth-order valence-corrected chi connectivity index (χ4v) is 3.25. The molecule has 134 valence electrons. The van der Waals surface area contributed by atoms with Crippen molar-refractivity contribution in [2.45, 2.75) is 58.5 Å². The lowest BCUT2D eigenvalue weighted by Crippen LogP contribution is -2.41. The van der Waals surface area contributed by atoms with Gasteiger partial charge in [-0.3, -0.25) is 4.68 Å². The second kappa shape index (κ2) is 7.30. The smallest absolute Gasteiger partial charge is 0.315 e. The molecule has 0 radical (unpaired) electrons. The van der Waals surface area contributed by atoms with E-state index in [9.17, 15) is 4.79 Å². The van der Waals surface area contributed by atoms with Crippen molar-refractivity contribution < 1.29 is 4.79 Å². The van der Waals surface area contributed by atoms with Crippen molar-refractivity contribution in [1.29, 1.82) is 0 Å². The molecule has 0 spiro atoms. The number of aromatic nitrogens is 2. The van der Waals surface area contributed by atoms with Crippen LogP contribution in [0.25, 0.3) is 0 Å². The first-order valence-electron chi connectivity index (χ1n) is 9.06. The van der Waals surface area contributed by atoms with E-state index in [1.54, 1.807) is 0 Å². The molecule has 2 amide bonds. The number of nitrogens with one attached hydrogen (secondary N) is 2. The SMILES string of the molecule is Cc1nn(C)c(C)c1CC(C)NC(=O)NCc1ccc(C2CC2)cc1. The molecule has 5 heteroatoms. The molecular formula is C20H28N4O. The monoisotopic (exact) mass is 340 g/mol. The van der Waals surface area contributed by atoms with Gasteiger partial charge in [-0.1, -0.05) is 24.3 Å². The number of hydrogen-bond donors (Lipinski definition) is 2. The lowest BCUT2D eigenvalue weighted by atomic mass is 10.1. The average Bonchev–Trinajstić information content (AvgIpc) is 3.39. The molecule has 1 aromatic heterocycles. The first-order valence-corrected chi connectivity index (χ1v) is 9.06. The minimum Gasteiger partial charge on any atom is -0.335 e. The number of rotatable bonds is 6. The van der Waals surface area contributed by atoms with Crippen LogP contribution in [-0.4, -0.2) is 21.9 Å². The summed E-state index contributed by atoms with van der Waals surface area (Å²) in [5, 5.41) is 10.4. The summed E-state index contributed by atoms with van der Waals surface area (Å²) < 4.78 is 1.89. The molecule has 2 N–H and O–H groups in total. The number of benzene rings is 1. The molecule has 25 heavy (non-hydrogen) atoms. The van der Waals surface area contributed by atoms with Crippen LogP contribution in [0, 0.1) is 13.8 Å². The van der Waals surface area contributed by atoms with Gasteiger partial charge in [0, 0.05) is 25.3 Å². The Morgan fingerprint density at radius 3 is 2.52 bits per heavy atom. The third-order valence-electron chi connectivity index (χ3n) is 5.03. The number of aryl methyl sites for hydroxylation is 2. The van der Waals surface area contributed by atoms with Crippen LogP contribution in [0.15, 0.2) is 24.3 Å². The molecule has 1 unspecified atom stereocenters. The van der Waals surface area contributed by atoms with E-state index in [0.717, 1.165) is 29.3 Å². The Labute approximate surface area is 149 Å². The van der Waals surface area contributed by atoms with Crippen LogP contribution < -0.4 is 10.6 Å². The van der Waals surface area contributed by atoms with Crippen LogP contribution in [0.3, 0.4) is 0 Å². The van der Waals surface area contributed by atoms with Gasteiger partial charge in [0.05, 0.1) is 5.69 Å². The predicted molar refractivity (Wildman–Crippen MR) is 99.6 cm³/mol. The van der Waals surface area contributed by atoms with Crippen molar-refractivity contribution >= 4 is 6.03 Å². The second-order valence-corrected chi connectivity index (χ2v) is 7.22. The Morgan fingerprint density at radius 1 is 1.28 bits per heavy atom. The highest BCUT2D eigenvalue weighted by Gasteiger charge is 2.22. The zero-order valence-electron chi connectivity index (χ0n) is 15.6. The van der Waals surface area contributed by atoms with Gasteiger partial charge < -0.3 is 10.6 Å². The fraction of sp³-hybridized carbons (Fsp3) is 0.500. The summed E-state index contributed by atoms with van der Waals surface area (Å²) in [6.45, 7) is 6.65. The topological polar surface area (TPSA) is 59.0 Å². The molecule has 1 atom stereocenters. The number of amides is 2. The van der Waals surface area contributed by atoms with Crippen molar-refractivity contribution in [3.05, 3.63) is 52.3 Å². The summed E-state index contributed by atoms with van der Waals surface area (Å²) in [6.07, 6.45) is 3.41. The van der Waals surface area contributed by atoms with Crippen molar-refractivity contribution in [3.8, 4) is 0 Å². The molecule has 2 aromatic rings. The van der Waals surface area contributed by atoms with Gasteiger partial charge >= 0.3 is 6.03 Å². The Hall–Kier alpha value is -2.30. The molecule has 0 aliphatic heterocycles. The van der Waals surface area contributed by atoms with E-state index in [1.165, 1.54) is 24.0 Å². The van der Waals surface area contributed by atoms with E-state index in [0.29, 0.717) is 6.54 Å². The Bertz CT molecular complexity index is 744. The fourth-order valence-electron chi connectivity index (χ4n) is 3.25. The maximum absolute atomic E-state index is 12.1. The number of carbonyl (C=O) groups is 1. The van der Waals surface area contributed by atoms with Crippen LogP contribution in [0.5, 0.6) is 0 Å². The summed E-state index contributed by atoms with van der Waals surface area (Å²) in [5.41, 5.74) is 5.95. The normalized spacial score (nSPS) is 15.0. The summed E-state index contributed by atoms with van der Waals surface area (Å²) in [5.74, 6) is 0.769. The van der Waals surface area contributed by atoms with Gasteiger partial charge in [0.2, 0.25) is 0 Å². The van der Waals surface area contributed by atoms with Crippen LogP contribution in [0.1, 0.15) is 53.8 Å². The molecule has 1 aromatic carbocycles. The average molecular weight is 340 g/mol. The Morgan fingerprint density at radius 2 is 1.96 bits per heavy atom. The van der Waals surface area contributed by atoms with Gasteiger partial charge in [0.1, 0.15) is 0 Å². The van der Waals surface area contributed by atoms with Gasteiger partial charge in [-0.15, -0.1) is 0 Å². The maximum atomic E-state index is 12.1. The summed E-state index contributed by atoms with van der Waals surface area (Å²) >= 11 is 0. The van der Waals surface area contributed by atoms with Gasteiger partial charge in [0.15, 0.2) is 0 Å². The van der Waals surface area contributed by atoms with Crippen molar-refractivity contribution in [2.24, 2.45) is 7.05 Å². The standard InChI is InChI=1S/C20H28N4O/c1-13(11-19-14(2)23-24(4)15(19)3)22-20(25)21-12-16-5-7-17(8-6-16)18-9-10-18/h5-8,13,18H,9-12H2,1-4H3,(H2,21,22,25). The van der Waals surface area contributed by atoms with Gasteiger partial charge in [-0.25, -0.2) is 4.79 Å². The minimum atomic E-state index is -0.127. The Kier molecular flexibility index (Phi) is 5.11. The highest BCUT2D eigenvalue weighted by atomic mass is 16.2. The van der Waals surface area contributed by atoms with Crippen molar-refractivity contribution in [1.82, 2.24) is 20.4 Å². The van der Waals surface area contributed by atoms with E-state index in [-0.39, 0.29) is 12.1 Å². The quantitative estimate of drug-likeness (QED) is 0.847. The first-order chi connectivity index (χ1) is 11.9. The lowest BCUT2D eigenvalue weighted by molar-refractivity contribution is 0.237. The van der Waals surface area contributed by atoms with Crippen LogP contribution in [0.2, 0.25) is 0 Å². The van der Waals surface area contributed by atoms with Crippen molar-refractivity contribution in [3.63, 3.8) is 0 Å². The molecule has 1 aliphatic rings. The molecule has 1 saturated carbocycles. The van der Waals surface area contributed by atoms with Crippen LogP contribution >= 0.6 is 0 Å². The highest BCUT2D eigenvalue weighted by Crippen LogP contribution is 2.39. The molecular weight excluding hydrogens is 312 g/mol. The molecule has 0 saturated heterocycles. The summed E-state index contributed by atoms with van der Waals surface area (Å²) in [4.78, 5) is 12.1. The maximum Gasteiger partial charge on any atom is 0.315 e. The van der Waals surface area contributed by atoms with Crippen LogP contribution in [-0.2, 0) is 20.0 Å². The zero-order valence-corrected chi connectivity index (χ0v) is 15.6. The number of nitrogens with zero attached hydrogens (tertiary/aromatic N) is 2. The third-order valence-corrected chi connectivity index (χ3v) is 5.03. The van der Waals surface area contributed by atoms with Crippen LogP contribution in [0.4, 0.5) is 4.79 Å². The lowest BCUT2D eigenvalue weighted by Gasteiger charge is -2.15. The molecule has 5 nitrogen and oxygen atoms in total. The van der Waals surface area contributed by atoms with E-state index in [4.69, 9.17) is 0 Å². The minimum absolute atomic E-state index is 0.0545. The van der Waals surface area contributed by atoms with Gasteiger partial charge in [-0.05, 0) is 62.6 Å². The molecule has 1 fully saturated rings. The first kappa shape index (κ1) is 17.5. The Balaban J connectivity index is 1.46. The highest BCUT2D eigenvalue weighted by molar-refractivity contribution is 5.74. The summed E-state index contributed by atoms with van der Waals surface area (Å²) in [7, 11) is 1.95.